The summed E-state index contributed by atoms with van der Waals surface area (Å²) in [6.07, 6.45) is 0. The normalized spacial score (nSPS) is 14.7. The van der Waals surface area contributed by atoms with Crippen LogP contribution in [-0.2, 0) is 4.79 Å². The van der Waals surface area contributed by atoms with Crippen LogP contribution in [0.3, 0.4) is 0 Å². The van der Waals surface area contributed by atoms with Crippen molar-refractivity contribution in [3.63, 3.8) is 0 Å². The number of amides is 3. The van der Waals surface area contributed by atoms with Crippen molar-refractivity contribution in [2.75, 3.05) is 18.6 Å². The zero-order valence-corrected chi connectivity index (χ0v) is 10.3. The van der Waals surface area contributed by atoms with Gasteiger partial charge in [-0.2, -0.15) is 5.26 Å². The second kappa shape index (κ2) is 6.37. The lowest BCUT2D eigenvalue weighted by Gasteiger charge is -2.32. The number of imide groups is 1. The maximum Gasteiger partial charge on any atom is 0.345 e. The second-order valence-corrected chi connectivity index (χ2v) is 3.46. The minimum Gasteiger partial charge on any atom is -0.273 e. The van der Waals surface area contributed by atoms with Crippen molar-refractivity contribution < 1.29 is 9.59 Å². The van der Waals surface area contributed by atoms with Crippen LogP contribution in [0.25, 0.3) is 0 Å². The van der Waals surface area contributed by atoms with Gasteiger partial charge in [-0.25, -0.2) is 15.2 Å². The molecule has 1 N–H and O–H groups in total. The van der Waals surface area contributed by atoms with Gasteiger partial charge in [-0.15, -0.1) is 0 Å². The predicted octanol–water partition coefficient (Wildman–Crippen LogP) is 1.12. The number of carbonyl (C=O) groups is 2. The Morgan fingerprint density at radius 1 is 1.28 bits per heavy atom. The van der Waals surface area contributed by atoms with Crippen LogP contribution in [0.5, 0.6) is 0 Å². The van der Waals surface area contributed by atoms with Crippen LogP contribution >= 0.6 is 0 Å². The van der Waals surface area contributed by atoms with Crippen LogP contribution in [-0.4, -0.2) is 30.4 Å². The molecule has 0 aliphatic carbocycles. The van der Waals surface area contributed by atoms with Gasteiger partial charge in [0.05, 0.1) is 18.3 Å². The number of urea groups is 1. The monoisotopic (exact) mass is 246 g/mol. The number of benzene rings is 1. The third kappa shape index (κ3) is 3.06. The lowest BCUT2D eigenvalue weighted by molar-refractivity contribution is -0.127. The van der Waals surface area contributed by atoms with E-state index in [9.17, 15) is 9.59 Å². The third-order valence-electron chi connectivity index (χ3n) is 2.26. The largest absolute Gasteiger partial charge is 0.345 e. The molecule has 0 spiro atoms. The van der Waals surface area contributed by atoms with Crippen molar-refractivity contribution in [3.05, 3.63) is 30.3 Å². The molecule has 0 aromatic heterocycles. The average molecular weight is 246 g/mol. The van der Waals surface area contributed by atoms with Gasteiger partial charge in [-0.05, 0) is 12.1 Å². The Kier molecular flexibility index (Phi) is 4.84. The number of para-hydroxylation sites is 1. The molecule has 18 heavy (non-hydrogen) atoms. The summed E-state index contributed by atoms with van der Waals surface area (Å²) in [5, 5.41) is 8.68. The van der Waals surface area contributed by atoms with Gasteiger partial charge in [0.2, 0.25) is 5.91 Å². The summed E-state index contributed by atoms with van der Waals surface area (Å²) in [6.45, 7) is 1.57. The van der Waals surface area contributed by atoms with E-state index >= 15 is 0 Å². The molecule has 1 aromatic rings. The molecule has 1 aliphatic rings. The summed E-state index contributed by atoms with van der Waals surface area (Å²) >= 11 is 0. The first-order valence-corrected chi connectivity index (χ1v) is 5.31. The van der Waals surface area contributed by atoms with Crippen LogP contribution in [0.2, 0.25) is 0 Å². The average Bonchev–Trinajstić information content (AvgIpc) is 2.38. The Morgan fingerprint density at radius 2 is 1.83 bits per heavy atom. The number of nitrogens with zero attached hydrogens (tertiary/aromatic N) is 3. The van der Waals surface area contributed by atoms with Gasteiger partial charge in [0, 0.05) is 14.0 Å². The topological polar surface area (TPSA) is 76.4 Å². The fraction of sp³-hybridized carbons (Fsp3) is 0.250. The summed E-state index contributed by atoms with van der Waals surface area (Å²) in [5.74, 6) is -0.229. The molecular weight excluding hydrogens is 232 g/mol. The highest BCUT2D eigenvalue weighted by atomic mass is 16.2. The number of likely N-dealkylation sites (N-methyl/N-ethyl adjacent to an activating group) is 1. The highest BCUT2D eigenvalue weighted by molar-refractivity contribution is 6.05. The van der Waals surface area contributed by atoms with Crippen LogP contribution in [0, 0.1) is 11.3 Å². The molecule has 6 heteroatoms. The molecule has 1 aromatic carbocycles. The first kappa shape index (κ1) is 13.7. The van der Waals surface area contributed by atoms with Crippen LogP contribution in [0.15, 0.2) is 30.3 Å². The molecule has 1 aliphatic heterocycles. The fourth-order valence-electron chi connectivity index (χ4n) is 1.37. The Hall–Kier alpha value is -2.39. The standard InChI is InChI=1S/C10H11N3O2.C2H3N/c1-12-9(14)7-11-13(10(12)15)8-5-3-2-4-6-8;1-2-3/h2-6,11H,7H2,1H3;1H3. The smallest absolute Gasteiger partial charge is 0.273 e. The second-order valence-electron chi connectivity index (χ2n) is 3.46. The highest BCUT2D eigenvalue weighted by Gasteiger charge is 2.29. The number of carbonyl (C=O) groups excluding carboxylic acids is 2. The lowest BCUT2D eigenvalue weighted by atomic mass is 10.3. The Labute approximate surface area is 105 Å². The quantitative estimate of drug-likeness (QED) is 0.805. The van der Waals surface area contributed by atoms with Gasteiger partial charge < -0.3 is 0 Å². The minimum atomic E-state index is -0.363. The Bertz CT molecular complexity index is 467. The molecule has 0 saturated carbocycles. The molecule has 3 amide bonds. The fourth-order valence-corrected chi connectivity index (χ4v) is 1.37. The van der Waals surface area contributed by atoms with E-state index in [1.807, 2.05) is 18.2 Å². The van der Waals surface area contributed by atoms with E-state index in [0.717, 1.165) is 10.6 Å². The Balaban J connectivity index is 0.000000492. The molecule has 0 radical (unpaired) electrons. The summed E-state index contributed by atoms with van der Waals surface area (Å²) in [7, 11) is 1.47. The third-order valence-corrected chi connectivity index (χ3v) is 2.26. The van der Waals surface area contributed by atoms with Crippen molar-refractivity contribution in [2.24, 2.45) is 0 Å². The van der Waals surface area contributed by atoms with Crippen molar-refractivity contribution in [2.45, 2.75) is 6.92 Å². The molecule has 1 heterocycles. The molecule has 2 rings (SSSR count). The zero-order valence-electron chi connectivity index (χ0n) is 10.3. The van der Waals surface area contributed by atoms with Crippen LogP contribution in [0.1, 0.15) is 6.92 Å². The first-order valence-electron chi connectivity index (χ1n) is 5.31. The molecule has 0 unspecified atom stereocenters. The number of hydrogen-bond acceptors (Lipinski definition) is 4. The van der Waals surface area contributed by atoms with Gasteiger partial charge in [0.15, 0.2) is 0 Å². The zero-order chi connectivity index (χ0) is 13.5. The summed E-state index contributed by atoms with van der Waals surface area (Å²) < 4.78 is 0. The Morgan fingerprint density at radius 3 is 2.39 bits per heavy atom. The number of anilines is 1. The van der Waals surface area contributed by atoms with Crippen molar-refractivity contribution >= 4 is 17.6 Å². The number of hydrazine groups is 1. The summed E-state index contributed by atoms with van der Waals surface area (Å²) in [5.41, 5.74) is 3.48. The molecule has 6 nitrogen and oxygen atoms in total. The number of rotatable bonds is 1. The van der Waals surface area contributed by atoms with E-state index in [4.69, 9.17) is 5.26 Å². The van der Waals surface area contributed by atoms with E-state index in [1.165, 1.54) is 19.0 Å². The molecule has 0 bridgehead atoms. The first-order chi connectivity index (χ1) is 8.61. The predicted molar refractivity (Wildman–Crippen MR) is 66.4 cm³/mol. The lowest BCUT2D eigenvalue weighted by Crippen LogP contribution is -2.59. The maximum atomic E-state index is 11.7. The van der Waals surface area contributed by atoms with E-state index in [1.54, 1.807) is 18.2 Å². The van der Waals surface area contributed by atoms with Crippen molar-refractivity contribution in [1.82, 2.24) is 10.3 Å². The van der Waals surface area contributed by atoms with Gasteiger partial charge in [-0.1, -0.05) is 18.2 Å². The van der Waals surface area contributed by atoms with Gasteiger partial charge in [0.25, 0.3) is 0 Å². The SMILES string of the molecule is CC#N.CN1C(=O)CNN(c2ccccc2)C1=O. The number of nitriles is 1. The number of hydrogen-bond donors (Lipinski definition) is 1. The summed E-state index contributed by atoms with van der Waals surface area (Å²) in [4.78, 5) is 24.0. The molecular formula is C12H14N4O2. The highest BCUT2D eigenvalue weighted by Crippen LogP contribution is 2.14. The van der Waals surface area contributed by atoms with Gasteiger partial charge in [0.1, 0.15) is 0 Å². The van der Waals surface area contributed by atoms with E-state index in [0.29, 0.717) is 0 Å². The van der Waals surface area contributed by atoms with Gasteiger partial charge in [-0.3, -0.25) is 9.69 Å². The maximum absolute atomic E-state index is 11.7. The van der Waals surface area contributed by atoms with E-state index < -0.39 is 0 Å². The minimum absolute atomic E-state index is 0.136. The van der Waals surface area contributed by atoms with Crippen LogP contribution < -0.4 is 10.4 Å². The van der Waals surface area contributed by atoms with Crippen molar-refractivity contribution in [1.29, 1.82) is 5.26 Å². The number of nitrogens with one attached hydrogen (secondary N) is 1. The molecule has 1 saturated heterocycles. The van der Waals surface area contributed by atoms with Crippen molar-refractivity contribution in [3.8, 4) is 6.07 Å². The molecule has 1 fully saturated rings. The molecule has 94 valence electrons. The van der Waals surface area contributed by atoms with Gasteiger partial charge >= 0.3 is 6.03 Å². The van der Waals surface area contributed by atoms with Crippen LogP contribution in [0.4, 0.5) is 10.5 Å². The summed E-state index contributed by atoms with van der Waals surface area (Å²) in [6, 6.07) is 10.5. The molecule has 0 atom stereocenters. The van der Waals surface area contributed by atoms with E-state index in [2.05, 4.69) is 5.43 Å². The van der Waals surface area contributed by atoms with E-state index in [-0.39, 0.29) is 18.5 Å².